The van der Waals surface area contributed by atoms with Crippen molar-refractivity contribution in [3.63, 3.8) is 0 Å². The van der Waals surface area contributed by atoms with E-state index in [2.05, 4.69) is 20.2 Å². The van der Waals surface area contributed by atoms with E-state index in [9.17, 15) is 4.79 Å². The van der Waals surface area contributed by atoms with E-state index >= 15 is 0 Å². The van der Waals surface area contributed by atoms with Crippen molar-refractivity contribution in [2.75, 3.05) is 26.2 Å². The molecule has 3 heterocycles. The number of likely N-dealkylation sites (tertiary alicyclic amines) is 1. The third-order valence-corrected chi connectivity index (χ3v) is 5.48. The molecule has 1 saturated heterocycles. The number of carbonyl (C=O) groups excluding carboxylic acids is 1. The maximum atomic E-state index is 12.6. The number of aromatic nitrogens is 2. The standard InChI is InChI=1S/C20H24N4O3/c25-12-11-24-9-5-20(6-10-24)13-16(15-3-1-2-4-18(15)27-20)23-19(26)17-14-21-7-8-22-17/h1-4,7-8,14,16,25H,5-6,9-13H2,(H,23,26). The molecule has 1 amide bonds. The molecule has 0 radical (unpaired) electrons. The number of hydrogen-bond donors (Lipinski definition) is 2. The molecule has 7 nitrogen and oxygen atoms in total. The SMILES string of the molecule is O=C(NC1CC2(CCN(CCO)CC2)Oc2ccccc21)c1cnccn1. The minimum atomic E-state index is -0.291. The topological polar surface area (TPSA) is 87.6 Å². The van der Waals surface area contributed by atoms with Crippen LogP contribution in [0.2, 0.25) is 0 Å². The van der Waals surface area contributed by atoms with Crippen molar-refractivity contribution in [3.05, 3.63) is 54.1 Å². The van der Waals surface area contributed by atoms with Crippen molar-refractivity contribution in [1.82, 2.24) is 20.2 Å². The monoisotopic (exact) mass is 368 g/mol. The predicted molar refractivity (Wildman–Crippen MR) is 99.4 cm³/mol. The molecule has 4 rings (SSSR count). The molecule has 1 aromatic heterocycles. The van der Waals surface area contributed by atoms with Crippen LogP contribution in [0.3, 0.4) is 0 Å². The number of aliphatic hydroxyl groups is 1. The van der Waals surface area contributed by atoms with Gasteiger partial charge in [0.25, 0.3) is 5.91 Å². The quantitative estimate of drug-likeness (QED) is 0.852. The molecule has 1 fully saturated rings. The van der Waals surface area contributed by atoms with Gasteiger partial charge in [-0.25, -0.2) is 4.98 Å². The van der Waals surface area contributed by atoms with Crippen LogP contribution < -0.4 is 10.1 Å². The summed E-state index contributed by atoms with van der Waals surface area (Å²) in [5.41, 5.74) is 1.02. The number of aliphatic hydroxyl groups excluding tert-OH is 1. The summed E-state index contributed by atoms with van der Waals surface area (Å²) in [6.45, 7) is 2.63. The first-order valence-electron chi connectivity index (χ1n) is 9.37. The highest BCUT2D eigenvalue weighted by atomic mass is 16.5. The number of carbonyl (C=O) groups is 1. The molecule has 2 aromatic rings. The lowest BCUT2D eigenvalue weighted by Crippen LogP contribution is -2.52. The molecule has 2 N–H and O–H groups in total. The molecule has 2 aliphatic heterocycles. The molecule has 1 unspecified atom stereocenters. The number of piperidine rings is 1. The van der Waals surface area contributed by atoms with Gasteiger partial charge in [-0.05, 0) is 18.9 Å². The molecule has 2 aliphatic rings. The minimum absolute atomic E-state index is 0.131. The summed E-state index contributed by atoms with van der Waals surface area (Å²) in [4.78, 5) is 23.0. The van der Waals surface area contributed by atoms with Crippen LogP contribution in [-0.2, 0) is 0 Å². The van der Waals surface area contributed by atoms with E-state index in [1.54, 1.807) is 6.20 Å². The summed E-state index contributed by atoms with van der Waals surface area (Å²) < 4.78 is 6.44. The number of rotatable bonds is 4. The van der Waals surface area contributed by atoms with Gasteiger partial charge in [0.05, 0.1) is 18.8 Å². The molecule has 1 aromatic carbocycles. The van der Waals surface area contributed by atoms with Gasteiger partial charge in [-0.1, -0.05) is 18.2 Å². The van der Waals surface area contributed by atoms with Gasteiger partial charge in [0.15, 0.2) is 0 Å². The first-order chi connectivity index (χ1) is 13.2. The zero-order chi connectivity index (χ0) is 18.7. The zero-order valence-electron chi connectivity index (χ0n) is 15.2. The number of fused-ring (bicyclic) bond motifs is 1. The van der Waals surface area contributed by atoms with Crippen molar-refractivity contribution < 1.29 is 14.6 Å². The molecule has 0 aliphatic carbocycles. The summed E-state index contributed by atoms with van der Waals surface area (Å²) >= 11 is 0. The maximum absolute atomic E-state index is 12.6. The van der Waals surface area contributed by atoms with Crippen LogP contribution in [0.25, 0.3) is 0 Å². The number of nitrogens with one attached hydrogen (secondary N) is 1. The Balaban J connectivity index is 1.55. The summed E-state index contributed by atoms with van der Waals surface area (Å²) in [5, 5.41) is 12.3. The van der Waals surface area contributed by atoms with Gasteiger partial charge in [-0.2, -0.15) is 0 Å². The van der Waals surface area contributed by atoms with E-state index in [0.29, 0.717) is 12.2 Å². The Kier molecular flexibility index (Phi) is 5.05. The largest absolute Gasteiger partial charge is 0.487 e. The van der Waals surface area contributed by atoms with E-state index < -0.39 is 0 Å². The van der Waals surface area contributed by atoms with Gasteiger partial charge in [0.2, 0.25) is 0 Å². The minimum Gasteiger partial charge on any atom is -0.487 e. The fourth-order valence-electron chi connectivity index (χ4n) is 4.03. The van der Waals surface area contributed by atoms with Gasteiger partial charge in [-0.3, -0.25) is 9.78 Å². The third-order valence-electron chi connectivity index (χ3n) is 5.48. The number of amides is 1. The number of benzene rings is 1. The van der Waals surface area contributed by atoms with Crippen LogP contribution in [-0.4, -0.2) is 57.7 Å². The Morgan fingerprint density at radius 2 is 2.11 bits per heavy atom. The van der Waals surface area contributed by atoms with E-state index in [1.165, 1.54) is 12.4 Å². The number of para-hydroxylation sites is 1. The maximum Gasteiger partial charge on any atom is 0.271 e. The molecule has 27 heavy (non-hydrogen) atoms. The van der Waals surface area contributed by atoms with Gasteiger partial charge >= 0.3 is 0 Å². The number of β-amino-alcohol motifs (C(OH)–C–C–N with tert-alkyl or cyclic N) is 1. The number of hydrogen-bond acceptors (Lipinski definition) is 6. The van der Waals surface area contributed by atoms with E-state index in [4.69, 9.17) is 9.84 Å². The number of ether oxygens (including phenoxy) is 1. The van der Waals surface area contributed by atoms with Crippen molar-refractivity contribution in [2.45, 2.75) is 30.9 Å². The highest BCUT2D eigenvalue weighted by Crippen LogP contribution is 2.44. The zero-order valence-corrected chi connectivity index (χ0v) is 15.2. The summed E-state index contributed by atoms with van der Waals surface area (Å²) in [5.74, 6) is 0.612. The Hall–Kier alpha value is -2.51. The van der Waals surface area contributed by atoms with Gasteiger partial charge in [0, 0.05) is 44.0 Å². The molecule has 1 spiro atoms. The molecule has 1 atom stereocenters. The van der Waals surface area contributed by atoms with Crippen molar-refractivity contribution in [3.8, 4) is 5.75 Å². The molecule has 0 bridgehead atoms. The fraction of sp³-hybridized carbons (Fsp3) is 0.450. The Labute approximate surface area is 158 Å². The van der Waals surface area contributed by atoms with Gasteiger partial charge in [0.1, 0.15) is 17.0 Å². The average molecular weight is 368 g/mol. The Morgan fingerprint density at radius 3 is 2.85 bits per heavy atom. The van der Waals surface area contributed by atoms with Crippen LogP contribution >= 0.6 is 0 Å². The van der Waals surface area contributed by atoms with Crippen LogP contribution in [0, 0.1) is 0 Å². The second kappa shape index (κ2) is 7.62. The third kappa shape index (κ3) is 3.79. The van der Waals surface area contributed by atoms with Crippen LogP contribution in [0.5, 0.6) is 5.75 Å². The van der Waals surface area contributed by atoms with Gasteiger partial charge in [-0.15, -0.1) is 0 Å². The number of nitrogens with zero attached hydrogens (tertiary/aromatic N) is 3. The fourth-order valence-corrected chi connectivity index (χ4v) is 4.03. The summed E-state index contributed by atoms with van der Waals surface area (Å²) in [7, 11) is 0. The molecule has 0 saturated carbocycles. The molecular weight excluding hydrogens is 344 g/mol. The van der Waals surface area contributed by atoms with Crippen molar-refractivity contribution >= 4 is 5.91 Å². The lowest BCUT2D eigenvalue weighted by atomic mass is 9.80. The smallest absolute Gasteiger partial charge is 0.271 e. The van der Waals surface area contributed by atoms with Gasteiger partial charge < -0.3 is 20.1 Å². The molecular formula is C20H24N4O3. The summed E-state index contributed by atoms with van der Waals surface area (Å²) in [6, 6.07) is 7.77. The Morgan fingerprint density at radius 1 is 1.30 bits per heavy atom. The lowest BCUT2D eigenvalue weighted by Gasteiger charge is -2.47. The first kappa shape index (κ1) is 17.9. The van der Waals surface area contributed by atoms with Crippen LogP contribution in [0.15, 0.2) is 42.9 Å². The normalized spacial score (nSPS) is 21.3. The predicted octanol–water partition coefficient (Wildman–Crippen LogP) is 1.56. The van der Waals surface area contributed by atoms with E-state index in [1.807, 2.05) is 24.3 Å². The van der Waals surface area contributed by atoms with Crippen LogP contribution in [0.1, 0.15) is 41.4 Å². The van der Waals surface area contributed by atoms with Crippen molar-refractivity contribution in [1.29, 1.82) is 0 Å². The Bertz CT molecular complexity index is 791. The first-order valence-corrected chi connectivity index (χ1v) is 9.37. The second-order valence-electron chi connectivity index (χ2n) is 7.21. The molecule has 142 valence electrons. The second-order valence-corrected chi connectivity index (χ2v) is 7.21. The summed E-state index contributed by atoms with van der Waals surface area (Å²) in [6.07, 6.45) is 7.02. The van der Waals surface area contributed by atoms with Crippen molar-refractivity contribution in [2.24, 2.45) is 0 Å². The highest BCUT2D eigenvalue weighted by Gasteiger charge is 2.43. The van der Waals surface area contributed by atoms with E-state index in [0.717, 1.165) is 43.7 Å². The van der Waals surface area contributed by atoms with Crippen LogP contribution in [0.4, 0.5) is 0 Å². The lowest BCUT2D eigenvalue weighted by molar-refractivity contribution is -0.0270. The van der Waals surface area contributed by atoms with E-state index in [-0.39, 0.29) is 24.2 Å². The highest BCUT2D eigenvalue weighted by molar-refractivity contribution is 5.92. The molecule has 7 heteroatoms. The average Bonchev–Trinajstić information content (AvgIpc) is 2.71.